The third-order valence-electron chi connectivity index (χ3n) is 2.70. The van der Waals surface area contributed by atoms with Gasteiger partial charge in [-0.25, -0.2) is 0 Å². The van der Waals surface area contributed by atoms with E-state index in [0.717, 1.165) is 18.4 Å². The lowest BCUT2D eigenvalue weighted by molar-refractivity contribution is -0.0328. The molecule has 1 aliphatic carbocycles. The minimum absolute atomic E-state index is 0.0735. The Morgan fingerprint density at radius 1 is 1.33 bits per heavy atom. The van der Waals surface area contributed by atoms with Gasteiger partial charge in [0.05, 0.1) is 0 Å². The first-order chi connectivity index (χ1) is 8.49. The van der Waals surface area contributed by atoms with Crippen LogP contribution in [0.2, 0.25) is 0 Å². The highest BCUT2D eigenvalue weighted by Crippen LogP contribution is 2.39. The van der Waals surface area contributed by atoms with Crippen LogP contribution in [0.3, 0.4) is 0 Å². The molecule has 4 heteroatoms. The van der Waals surface area contributed by atoms with Crippen LogP contribution in [0.1, 0.15) is 30.9 Å². The second-order valence-corrected chi connectivity index (χ2v) is 5.34. The van der Waals surface area contributed by atoms with Gasteiger partial charge in [-0.05, 0) is 42.7 Å². The zero-order valence-corrected chi connectivity index (χ0v) is 10.8. The highest BCUT2D eigenvalue weighted by molar-refractivity contribution is 8.00. The van der Waals surface area contributed by atoms with E-state index in [4.69, 9.17) is 0 Å². The van der Waals surface area contributed by atoms with E-state index in [1.807, 2.05) is 13.0 Å². The number of thioether (sulfide) groups is 1. The van der Waals surface area contributed by atoms with E-state index < -0.39 is 5.51 Å². The van der Waals surface area contributed by atoms with Crippen LogP contribution in [0, 0.1) is 17.8 Å². The van der Waals surface area contributed by atoms with Gasteiger partial charge >= 0.3 is 5.51 Å². The zero-order chi connectivity index (χ0) is 13.2. The summed E-state index contributed by atoms with van der Waals surface area (Å²) < 4.78 is 37.4. The third-order valence-corrected chi connectivity index (χ3v) is 3.49. The van der Waals surface area contributed by atoms with E-state index in [2.05, 4.69) is 11.8 Å². The Labute approximate surface area is 109 Å². The van der Waals surface area contributed by atoms with E-state index in [0.29, 0.717) is 17.9 Å². The molecule has 1 fully saturated rings. The van der Waals surface area contributed by atoms with Crippen LogP contribution in [0.5, 0.6) is 0 Å². The fourth-order valence-corrected chi connectivity index (χ4v) is 2.30. The first kappa shape index (κ1) is 13.4. The molecular weight excluding hydrogens is 257 g/mol. The molecule has 1 aliphatic rings. The predicted molar refractivity (Wildman–Crippen MR) is 67.3 cm³/mol. The number of rotatable bonds is 2. The molecule has 0 atom stereocenters. The van der Waals surface area contributed by atoms with Gasteiger partial charge in [0.25, 0.3) is 0 Å². The number of benzene rings is 1. The standard InChI is InChI=1S/C14H13F3S/c1-2-11-4-3-5-13(18-14(15,16)17)12(11)9-8-10-6-7-10/h3-5,10H,2,6-7H2,1H3. The minimum Gasteiger partial charge on any atom is -0.160 e. The molecule has 96 valence electrons. The fourth-order valence-electron chi connectivity index (χ4n) is 1.62. The number of hydrogen-bond acceptors (Lipinski definition) is 1. The summed E-state index contributed by atoms with van der Waals surface area (Å²) in [5.74, 6) is 6.38. The van der Waals surface area contributed by atoms with Crippen LogP contribution in [-0.2, 0) is 6.42 Å². The van der Waals surface area contributed by atoms with E-state index in [9.17, 15) is 13.2 Å². The van der Waals surface area contributed by atoms with Crippen molar-refractivity contribution in [1.82, 2.24) is 0 Å². The second-order valence-electron chi connectivity index (χ2n) is 4.24. The maximum Gasteiger partial charge on any atom is 0.446 e. The summed E-state index contributed by atoms with van der Waals surface area (Å²) in [5.41, 5.74) is -2.82. The summed E-state index contributed by atoms with van der Waals surface area (Å²) in [6.07, 6.45) is 2.84. The van der Waals surface area contributed by atoms with Crippen molar-refractivity contribution in [3.63, 3.8) is 0 Å². The lowest BCUT2D eigenvalue weighted by atomic mass is 10.1. The quantitative estimate of drug-likeness (QED) is 0.558. The van der Waals surface area contributed by atoms with Gasteiger partial charge in [0.2, 0.25) is 0 Å². The molecule has 0 aromatic heterocycles. The van der Waals surface area contributed by atoms with Crippen LogP contribution in [0.4, 0.5) is 13.2 Å². The van der Waals surface area contributed by atoms with Crippen molar-refractivity contribution in [3.8, 4) is 11.8 Å². The molecule has 2 rings (SSSR count). The first-order valence-corrected chi connectivity index (χ1v) is 6.70. The molecule has 18 heavy (non-hydrogen) atoms. The van der Waals surface area contributed by atoms with E-state index in [-0.39, 0.29) is 16.7 Å². The van der Waals surface area contributed by atoms with Crippen molar-refractivity contribution in [1.29, 1.82) is 0 Å². The monoisotopic (exact) mass is 270 g/mol. The maximum atomic E-state index is 12.5. The molecule has 1 saturated carbocycles. The van der Waals surface area contributed by atoms with Gasteiger partial charge < -0.3 is 0 Å². The molecule has 1 aromatic rings. The smallest absolute Gasteiger partial charge is 0.160 e. The number of halogens is 3. The predicted octanol–water partition coefficient (Wildman–Crippen LogP) is 4.62. The molecule has 0 unspecified atom stereocenters. The average Bonchev–Trinajstić information content (AvgIpc) is 3.08. The van der Waals surface area contributed by atoms with Gasteiger partial charge in [-0.15, -0.1) is 0 Å². The Kier molecular flexibility index (Phi) is 3.91. The van der Waals surface area contributed by atoms with Crippen LogP contribution < -0.4 is 0 Å². The highest BCUT2D eigenvalue weighted by atomic mass is 32.2. The van der Waals surface area contributed by atoms with Gasteiger partial charge in [0.1, 0.15) is 0 Å². The number of aryl methyl sites for hydroxylation is 1. The lowest BCUT2D eigenvalue weighted by Crippen LogP contribution is -2.01. The molecule has 0 saturated heterocycles. The van der Waals surface area contributed by atoms with E-state index in [1.54, 1.807) is 6.07 Å². The van der Waals surface area contributed by atoms with Gasteiger partial charge in [-0.2, -0.15) is 13.2 Å². The van der Waals surface area contributed by atoms with Gasteiger partial charge in [0.15, 0.2) is 0 Å². The van der Waals surface area contributed by atoms with Crippen LogP contribution in [0.25, 0.3) is 0 Å². The SMILES string of the molecule is CCc1cccc(SC(F)(F)F)c1C#CC1CC1. The Bertz CT molecular complexity index is 490. The van der Waals surface area contributed by atoms with E-state index in [1.165, 1.54) is 6.07 Å². The van der Waals surface area contributed by atoms with Gasteiger partial charge in [-0.3, -0.25) is 0 Å². The molecule has 0 N–H and O–H groups in total. The van der Waals surface area contributed by atoms with Gasteiger partial charge in [-0.1, -0.05) is 30.9 Å². The van der Waals surface area contributed by atoms with Crippen molar-refractivity contribution >= 4 is 11.8 Å². The summed E-state index contributed by atoms with van der Waals surface area (Å²) in [6, 6.07) is 5.00. The van der Waals surface area contributed by atoms with Crippen molar-refractivity contribution in [2.75, 3.05) is 0 Å². The Balaban J connectivity index is 2.35. The molecule has 0 nitrogen and oxygen atoms in total. The number of alkyl halides is 3. The summed E-state index contributed by atoms with van der Waals surface area (Å²) in [5, 5.41) is 0. The maximum absolute atomic E-state index is 12.5. The van der Waals surface area contributed by atoms with Crippen LogP contribution in [-0.4, -0.2) is 5.51 Å². The molecule has 0 spiro atoms. The first-order valence-electron chi connectivity index (χ1n) is 5.89. The molecule has 0 heterocycles. The Morgan fingerprint density at radius 3 is 2.61 bits per heavy atom. The Morgan fingerprint density at radius 2 is 2.06 bits per heavy atom. The van der Waals surface area contributed by atoms with E-state index >= 15 is 0 Å². The summed E-state index contributed by atoms with van der Waals surface area (Å²) in [7, 11) is 0. The lowest BCUT2D eigenvalue weighted by Gasteiger charge is -2.10. The minimum atomic E-state index is -4.26. The molecule has 0 radical (unpaired) electrons. The molecule has 0 amide bonds. The second kappa shape index (κ2) is 5.27. The zero-order valence-electron chi connectivity index (χ0n) is 9.97. The summed E-state index contributed by atoms with van der Waals surface area (Å²) in [6.45, 7) is 1.93. The van der Waals surface area contributed by atoms with Crippen molar-refractivity contribution in [3.05, 3.63) is 29.3 Å². The fraction of sp³-hybridized carbons (Fsp3) is 0.429. The van der Waals surface area contributed by atoms with Crippen molar-refractivity contribution < 1.29 is 13.2 Å². The van der Waals surface area contributed by atoms with Crippen molar-refractivity contribution in [2.45, 2.75) is 36.6 Å². The van der Waals surface area contributed by atoms with Crippen molar-refractivity contribution in [2.24, 2.45) is 5.92 Å². The molecule has 0 bridgehead atoms. The molecular formula is C14H13F3S. The average molecular weight is 270 g/mol. The van der Waals surface area contributed by atoms with Crippen LogP contribution in [0.15, 0.2) is 23.1 Å². The van der Waals surface area contributed by atoms with Gasteiger partial charge in [0, 0.05) is 16.4 Å². The summed E-state index contributed by atoms with van der Waals surface area (Å²) >= 11 is -0.0735. The molecule has 1 aromatic carbocycles. The van der Waals surface area contributed by atoms with Crippen LogP contribution >= 0.6 is 11.8 Å². The summed E-state index contributed by atoms with van der Waals surface area (Å²) in [4.78, 5) is 0.218. The molecule has 0 aliphatic heterocycles. The largest absolute Gasteiger partial charge is 0.446 e. The number of hydrogen-bond donors (Lipinski definition) is 0. The normalized spacial score (nSPS) is 15.1. The Hall–Kier alpha value is -1.08. The topological polar surface area (TPSA) is 0 Å². The third kappa shape index (κ3) is 3.71. The highest BCUT2D eigenvalue weighted by Gasteiger charge is 2.30.